The minimum Gasteiger partial charge on any atom is -0.308 e. The highest BCUT2D eigenvalue weighted by molar-refractivity contribution is 5.14. The third kappa shape index (κ3) is 8.37. The molecule has 0 aromatic heterocycles. The summed E-state index contributed by atoms with van der Waals surface area (Å²) >= 11 is 0. The lowest BCUT2D eigenvalue weighted by Crippen LogP contribution is -2.38. The SMILES string of the molecule is CCCCCCCCCC(C)(C)NCc1ccccc1. The molecule has 1 N–H and O–H groups in total. The second kappa shape index (κ2) is 9.99. The average molecular weight is 275 g/mol. The van der Waals surface area contributed by atoms with E-state index in [1.54, 1.807) is 0 Å². The van der Waals surface area contributed by atoms with Gasteiger partial charge in [-0.2, -0.15) is 0 Å². The largest absolute Gasteiger partial charge is 0.308 e. The smallest absolute Gasteiger partial charge is 0.0210 e. The van der Waals surface area contributed by atoms with Gasteiger partial charge in [-0.15, -0.1) is 0 Å². The Morgan fingerprint density at radius 1 is 0.850 bits per heavy atom. The molecule has 1 nitrogen and oxygen atoms in total. The van der Waals surface area contributed by atoms with E-state index in [9.17, 15) is 0 Å². The summed E-state index contributed by atoms with van der Waals surface area (Å²) in [7, 11) is 0. The number of nitrogens with one attached hydrogen (secondary N) is 1. The molecule has 0 aliphatic rings. The minimum atomic E-state index is 0.249. The Morgan fingerprint density at radius 3 is 2.10 bits per heavy atom. The van der Waals surface area contributed by atoms with Gasteiger partial charge in [-0.1, -0.05) is 82.2 Å². The highest BCUT2D eigenvalue weighted by Crippen LogP contribution is 2.16. The summed E-state index contributed by atoms with van der Waals surface area (Å²) in [6.07, 6.45) is 11.0. The van der Waals surface area contributed by atoms with Crippen LogP contribution in [0.3, 0.4) is 0 Å². The third-order valence-corrected chi connectivity index (χ3v) is 4.02. The van der Waals surface area contributed by atoms with Crippen LogP contribution in [-0.2, 0) is 6.54 Å². The highest BCUT2D eigenvalue weighted by atomic mass is 14.9. The average Bonchev–Trinajstić information content (AvgIpc) is 2.45. The first kappa shape index (κ1) is 17.2. The second-order valence-electron chi connectivity index (χ2n) is 6.59. The van der Waals surface area contributed by atoms with Gasteiger partial charge in [-0.25, -0.2) is 0 Å². The van der Waals surface area contributed by atoms with E-state index in [1.165, 1.54) is 56.9 Å². The fourth-order valence-corrected chi connectivity index (χ4v) is 2.55. The maximum absolute atomic E-state index is 3.69. The van der Waals surface area contributed by atoms with Crippen molar-refractivity contribution in [3.05, 3.63) is 35.9 Å². The van der Waals surface area contributed by atoms with Gasteiger partial charge in [0.05, 0.1) is 0 Å². The maximum atomic E-state index is 3.69. The lowest BCUT2D eigenvalue weighted by molar-refractivity contribution is 0.344. The van der Waals surface area contributed by atoms with Gasteiger partial charge in [0, 0.05) is 12.1 Å². The van der Waals surface area contributed by atoms with Crippen molar-refractivity contribution in [3.63, 3.8) is 0 Å². The Labute approximate surface area is 126 Å². The number of unbranched alkanes of at least 4 members (excludes halogenated alkanes) is 6. The standard InChI is InChI=1S/C19H33N/c1-4-5-6-7-8-9-13-16-19(2,3)20-17-18-14-11-10-12-15-18/h10-12,14-15,20H,4-9,13,16-17H2,1-3H3. The summed E-state index contributed by atoms with van der Waals surface area (Å²) in [6.45, 7) is 7.91. The zero-order chi connectivity index (χ0) is 14.7. The summed E-state index contributed by atoms with van der Waals surface area (Å²) < 4.78 is 0. The van der Waals surface area contributed by atoms with Gasteiger partial charge >= 0.3 is 0 Å². The maximum Gasteiger partial charge on any atom is 0.0210 e. The molecule has 1 heteroatoms. The first-order chi connectivity index (χ1) is 9.64. The molecular formula is C19H33N. The summed E-state index contributed by atoms with van der Waals surface area (Å²) in [5.74, 6) is 0. The van der Waals surface area contributed by atoms with E-state index < -0.39 is 0 Å². The van der Waals surface area contributed by atoms with Crippen LogP contribution < -0.4 is 5.32 Å². The fourth-order valence-electron chi connectivity index (χ4n) is 2.55. The van der Waals surface area contributed by atoms with Gasteiger partial charge in [0.25, 0.3) is 0 Å². The molecule has 1 aromatic rings. The number of benzene rings is 1. The number of hydrogen-bond donors (Lipinski definition) is 1. The van der Waals surface area contributed by atoms with Crippen LogP contribution in [0.15, 0.2) is 30.3 Å². The molecule has 0 aliphatic carbocycles. The van der Waals surface area contributed by atoms with Crippen LogP contribution in [0.1, 0.15) is 77.7 Å². The predicted molar refractivity (Wildman–Crippen MR) is 90.0 cm³/mol. The van der Waals surface area contributed by atoms with E-state index in [1.807, 2.05) is 0 Å². The zero-order valence-electron chi connectivity index (χ0n) is 13.8. The van der Waals surface area contributed by atoms with Crippen LogP contribution in [0, 0.1) is 0 Å². The van der Waals surface area contributed by atoms with E-state index in [2.05, 4.69) is 56.4 Å². The lowest BCUT2D eigenvalue weighted by atomic mass is 9.95. The van der Waals surface area contributed by atoms with Gasteiger partial charge in [0.1, 0.15) is 0 Å². The highest BCUT2D eigenvalue weighted by Gasteiger charge is 2.15. The van der Waals surface area contributed by atoms with Crippen LogP contribution in [-0.4, -0.2) is 5.54 Å². The number of hydrogen-bond acceptors (Lipinski definition) is 1. The van der Waals surface area contributed by atoms with Crippen LogP contribution in [0.25, 0.3) is 0 Å². The van der Waals surface area contributed by atoms with Crippen molar-refractivity contribution in [2.24, 2.45) is 0 Å². The summed E-state index contributed by atoms with van der Waals surface area (Å²) in [4.78, 5) is 0. The first-order valence-electron chi connectivity index (χ1n) is 8.43. The second-order valence-corrected chi connectivity index (χ2v) is 6.59. The van der Waals surface area contributed by atoms with Crippen molar-refractivity contribution >= 4 is 0 Å². The Kier molecular flexibility index (Phi) is 8.60. The molecule has 1 aromatic carbocycles. The zero-order valence-corrected chi connectivity index (χ0v) is 13.8. The summed E-state index contributed by atoms with van der Waals surface area (Å²) in [5, 5.41) is 3.69. The molecule has 0 bridgehead atoms. The fraction of sp³-hybridized carbons (Fsp3) is 0.684. The summed E-state index contributed by atoms with van der Waals surface area (Å²) in [6, 6.07) is 10.7. The van der Waals surface area contributed by atoms with Crippen LogP contribution in [0.2, 0.25) is 0 Å². The van der Waals surface area contributed by atoms with Crippen LogP contribution >= 0.6 is 0 Å². The molecule has 1 rings (SSSR count). The topological polar surface area (TPSA) is 12.0 Å². The molecule has 20 heavy (non-hydrogen) atoms. The van der Waals surface area contributed by atoms with E-state index in [0.29, 0.717) is 0 Å². The third-order valence-electron chi connectivity index (χ3n) is 4.02. The molecule has 0 saturated carbocycles. The molecule has 0 heterocycles. The minimum absolute atomic E-state index is 0.249. The molecule has 0 fully saturated rings. The molecule has 0 atom stereocenters. The van der Waals surface area contributed by atoms with Crippen LogP contribution in [0.4, 0.5) is 0 Å². The Bertz CT molecular complexity index is 329. The Morgan fingerprint density at radius 2 is 1.45 bits per heavy atom. The molecule has 0 saturated heterocycles. The van der Waals surface area contributed by atoms with E-state index in [-0.39, 0.29) is 5.54 Å². The molecule has 0 unspecified atom stereocenters. The van der Waals surface area contributed by atoms with Crippen LogP contribution in [0.5, 0.6) is 0 Å². The molecule has 0 radical (unpaired) electrons. The van der Waals surface area contributed by atoms with Crippen molar-refractivity contribution in [1.82, 2.24) is 5.32 Å². The van der Waals surface area contributed by atoms with Gasteiger partial charge < -0.3 is 5.32 Å². The van der Waals surface area contributed by atoms with E-state index in [4.69, 9.17) is 0 Å². The Balaban J connectivity index is 2.09. The van der Waals surface area contributed by atoms with Gasteiger partial charge in [-0.3, -0.25) is 0 Å². The quantitative estimate of drug-likeness (QED) is 0.511. The molecule has 0 aliphatic heterocycles. The predicted octanol–water partition coefficient (Wildman–Crippen LogP) is 5.70. The molecule has 114 valence electrons. The molecular weight excluding hydrogens is 242 g/mol. The monoisotopic (exact) mass is 275 g/mol. The van der Waals surface area contributed by atoms with Crippen molar-refractivity contribution in [2.75, 3.05) is 0 Å². The van der Waals surface area contributed by atoms with Crippen molar-refractivity contribution < 1.29 is 0 Å². The van der Waals surface area contributed by atoms with Crippen molar-refractivity contribution in [3.8, 4) is 0 Å². The van der Waals surface area contributed by atoms with Gasteiger partial charge in [0.2, 0.25) is 0 Å². The summed E-state index contributed by atoms with van der Waals surface area (Å²) in [5.41, 5.74) is 1.62. The lowest BCUT2D eigenvalue weighted by Gasteiger charge is -2.26. The van der Waals surface area contributed by atoms with E-state index in [0.717, 1.165) is 6.54 Å². The molecule has 0 spiro atoms. The molecule has 0 amide bonds. The van der Waals surface area contributed by atoms with Crippen molar-refractivity contribution in [1.29, 1.82) is 0 Å². The van der Waals surface area contributed by atoms with E-state index >= 15 is 0 Å². The Hall–Kier alpha value is -0.820. The van der Waals surface area contributed by atoms with Gasteiger partial charge in [0.15, 0.2) is 0 Å². The normalized spacial score (nSPS) is 11.8. The number of rotatable bonds is 11. The van der Waals surface area contributed by atoms with Gasteiger partial charge in [-0.05, 0) is 25.8 Å². The van der Waals surface area contributed by atoms with Crippen molar-refractivity contribution in [2.45, 2.75) is 84.2 Å². The first-order valence-corrected chi connectivity index (χ1v) is 8.43.